The maximum absolute atomic E-state index is 12.8. The van der Waals surface area contributed by atoms with Crippen LogP contribution in [-0.2, 0) is 42.9 Å². The molecule has 0 amide bonds. The molecule has 2 aliphatic heterocycles. The van der Waals surface area contributed by atoms with E-state index in [0.29, 0.717) is 25.0 Å². The van der Waals surface area contributed by atoms with Gasteiger partial charge in [0.25, 0.3) is 0 Å². The summed E-state index contributed by atoms with van der Waals surface area (Å²) in [6.07, 6.45) is 7.92. The third-order valence-corrected chi connectivity index (χ3v) is 10.5. The average molecular weight is 609 g/mol. The van der Waals surface area contributed by atoms with Gasteiger partial charge in [-0.3, -0.25) is 9.59 Å². The van der Waals surface area contributed by atoms with Crippen molar-refractivity contribution < 1.29 is 42.9 Å². The van der Waals surface area contributed by atoms with E-state index in [0.717, 1.165) is 24.8 Å². The summed E-state index contributed by atoms with van der Waals surface area (Å²) in [4.78, 5) is 50.1. The molecule has 2 aliphatic carbocycles. The summed E-state index contributed by atoms with van der Waals surface area (Å²) in [5.74, 6) is -1.44. The van der Waals surface area contributed by atoms with Crippen molar-refractivity contribution in [3.8, 4) is 0 Å². The zero-order valence-electron chi connectivity index (χ0n) is 26.2. The van der Waals surface area contributed by atoms with Crippen LogP contribution in [0.2, 0.25) is 0 Å². The zero-order valence-corrected chi connectivity index (χ0v) is 26.2. The van der Waals surface area contributed by atoms with Gasteiger partial charge >= 0.3 is 23.9 Å². The molecule has 0 aromatic heterocycles. The molecule has 1 aromatic carbocycles. The predicted molar refractivity (Wildman–Crippen MR) is 161 cm³/mol. The number of benzene rings is 1. The van der Waals surface area contributed by atoms with Crippen LogP contribution in [0.1, 0.15) is 78.2 Å². The van der Waals surface area contributed by atoms with Crippen molar-refractivity contribution in [3.05, 3.63) is 53.6 Å². The Morgan fingerprint density at radius 1 is 1.00 bits per heavy atom. The molecule has 4 fully saturated rings. The lowest BCUT2D eigenvalue weighted by atomic mass is 9.45. The van der Waals surface area contributed by atoms with Gasteiger partial charge in [0.2, 0.25) is 0 Å². The fourth-order valence-electron chi connectivity index (χ4n) is 7.97. The maximum Gasteiger partial charge on any atom is 0.337 e. The molecule has 1 unspecified atom stereocenters. The van der Waals surface area contributed by atoms with Gasteiger partial charge < -0.3 is 23.7 Å². The van der Waals surface area contributed by atoms with Crippen molar-refractivity contribution in [2.75, 3.05) is 19.8 Å². The van der Waals surface area contributed by atoms with E-state index in [1.54, 1.807) is 19.9 Å². The minimum Gasteiger partial charge on any atom is -0.465 e. The van der Waals surface area contributed by atoms with E-state index in [2.05, 4.69) is 13.8 Å². The molecule has 9 heteroatoms. The van der Waals surface area contributed by atoms with Gasteiger partial charge in [0.15, 0.2) is 6.10 Å². The van der Waals surface area contributed by atoms with Gasteiger partial charge in [-0.15, -0.1) is 0 Å². The molecule has 238 valence electrons. The summed E-state index contributed by atoms with van der Waals surface area (Å²) in [7, 11) is 0. The Bertz CT molecular complexity index is 1310. The van der Waals surface area contributed by atoms with Crippen LogP contribution < -0.4 is 0 Å². The van der Waals surface area contributed by atoms with Gasteiger partial charge in [0.1, 0.15) is 19.3 Å². The van der Waals surface area contributed by atoms with Crippen molar-refractivity contribution >= 4 is 30.0 Å². The molecule has 7 atom stereocenters. The number of fused-ring (bicyclic) bond motifs is 1. The van der Waals surface area contributed by atoms with Crippen LogP contribution in [0.25, 0.3) is 6.08 Å². The van der Waals surface area contributed by atoms with Crippen LogP contribution >= 0.6 is 0 Å². The topological polar surface area (TPSA) is 118 Å². The summed E-state index contributed by atoms with van der Waals surface area (Å²) in [6, 6.07) is 9.42. The summed E-state index contributed by atoms with van der Waals surface area (Å²) in [5, 5.41) is 0. The van der Waals surface area contributed by atoms with Crippen molar-refractivity contribution in [2.24, 2.45) is 22.7 Å². The van der Waals surface area contributed by atoms with Crippen LogP contribution in [0.3, 0.4) is 0 Å². The van der Waals surface area contributed by atoms with Gasteiger partial charge in [-0.25, -0.2) is 9.59 Å². The van der Waals surface area contributed by atoms with Crippen molar-refractivity contribution in [1.29, 1.82) is 0 Å². The molecule has 0 bridgehead atoms. The molecule has 9 nitrogen and oxygen atoms in total. The first kappa shape index (κ1) is 31.9. The number of hydrogen-bond donors (Lipinski definition) is 0. The Morgan fingerprint density at radius 3 is 2.41 bits per heavy atom. The minimum absolute atomic E-state index is 0.0207. The standard InChI is InChI=1S/C35H44O9/c1-5-29(36)41-21-34(4)26-16-19-35(22-42-35)27(33(26,3)18-17-28(34)44-30(37)6-2)14-13-24-25(20-40-32(24)39)43-31(38)15-12-23-10-8-7-9-11-23/h7-13,15,25-28H,5-6,14,16-22H2,1-4H3/b15-12+,24-13+/t25-,26?,27-,28-,33+,34+,35+/m1/s1. The van der Waals surface area contributed by atoms with Crippen LogP contribution in [0, 0.1) is 22.7 Å². The molecule has 0 N–H and O–H groups in total. The van der Waals surface area contributed by atoms with E-state index < -0.39 is 23.5 Å². The predicted octanol–water partition coefficient (Wildman–Crippen LogP) is 5.36. The molecule has 0 radical (unpaired) electrons. The number of carbonyl (C=O) groups is 4. The second kappa shape index (κ2) is 12.9. The van der Waals surface area contributed by atoms with Crippen LogP contribution in [0.15, 0.2) is 48.1 Å². The van der Waals surface area contributed by atoms with Gasteiger partial charge in [-0.05, 0) is 61.0 Å². The smallest absolute Gasteiger partial charge is 0.337 e. The molecule has 2 heterocycles. The minimum atomic E-state index is -0.790. The number of carbonyl (C=O) groups excluding carboxylic acids is 4. The van der Waals surface area contributed by atoms with Crippen molar-refractivity contribution in [3.63, 3.8) is 0 Å². The lowest BCUT2D eigenvalue weighted by Gasteiger charge is -2.61. The molecule has 44 heavy (non-hydrogen) atoms. The Labute approximate surface area is 259 Å². The fraction of sp³-hybridized carbons (Fsp3) is 0.600. The Kier molecular flexibility index (Phi) is 9.35. The Balaban J connectivity index is 1.37. The number of rotatable bonds is 10. The average Bonchev–Trinajstić information content (AvgIpc) is 3.71. The lowest BCUT2D eigenvalue weighted by Crippen LogP contribution is -2.61. The summed E-state index contributed by atoms with van der Waals surface area (Å²) in [6.45, 7) is 8.68. The molecule has 4 aliphatic rings. The third kappa shape index (κ3) is 6.34. The SMILES string of the molecule is CCC(=O)OC[C@@]1(C)C2CC[C@]3(CO3)[C@H](C/C=C3/C(=O)OC[C@H]3OC(=O)/C=C/c3ccccc3)[C@@]2(C)CC[C@H]1OC(=O)CC. The highest BCUT2D eigenvalue weighted by atomic mass is 16.6. The van der Waals surface area contributed by atoms with Gasteiger partial charge in [-0.1, -0.05) is 64.1 Å². The van der Waals surface area contributed by atoms with E-state index in [1.165, 1.54) is 6.08 Å². The highest BCUT2D eigenvalue weighted by Gasteiger charge is 2.67. The monoisotopic (exact) mass is 608 g/mol. The first-order valence-corrected chi connectivity index (χ1v) is 15.8. The summed E-state index contributed by atoms with van der Waals surface area (Å²) in [5.41, 5.74) is 0.0766. The second-order valence-corrected chi connectivity index (χ2v) is 13.1. The van der Waals surface area contributed by atoms with Crippen molar-refractivity contribution in [1.82, 2.24) is 0 Å². The molecule has 2 saturated heterocycles. The summed E-state index contributed by atoms with van der Waals surface area (Å²) >= 11 is 0. The highest BCUT2D eigenvalue weighted by molar-refractivity contribution is 5.93. The fourth-order valence-corrected chi connectivity index (χ4v) is 7.97. The van der Waals surface area contributed by atoms with Gasteiger partial charge in [0, 0.05) is 24.3 Å². The first-order chi connectivity index (χ1) is 21.0. The normalized spacial score (nSPS) is 35.3. The molecule has 5 rings (SSSR count). The van der Waals surface area contributed by atoms with E-state index in [4.69, 9.17) is 23.7 Å². The number of ether oxygens (including phenoxy) is 5. The number of allylic oxidation sites excluding steroid dienone is 1. The van der Waals surface area contributed by atoms with E-state index in [-0.39, 0.29) is 66.9 Å². The third-order valence-electron chi connectivity index (χ3n) is 10.5. The van der Waals surface area contributed by atoms with Gasteiger partial charge in [0.05, 0.1) is 17.8 Å². The molecular weight excluding hydrogens is 564 g/mol. The Hall–Kier alpha value is -3.46. The van der Waals surface area contributed by atoms with E-state index in [1.807, 2.05) is 36.4 Å². The molecular formula is C35H44O9. The van der Waals surface area contributed by atoms with Crippen molar-refractivity contribution in [2.45, 2.75) is 90.4 Å². The zero-order chi connectivity index (χ0) is 31.5. The van der Waals surface area contributed by atoms with Crippen LogP contribution in [0.4, 0.5) is 0 Å². The maximum atomic E-state index is 12.8. The lowest BCUT2D eigenvalue weighted by molar-refractivity contribution is -0.203. The molecule has 1 aromatic rings. The van der Waals surface area contributed by atoms with E-state index in [9.17, 15) is 19.2 Å². The quantitative estimate of drug-likeness (QED) is 0.150. The Morgan fingerprint density at radius 2 is 1.73 bits per heavy atom. The number of esters is 4. The summed E-state index contributed by atoms with van der Waals surface area (Å²) < 4.78 is 28.8. The first-order valence-electron chi connectivity index (χ1n) is 15.8. The molecule has 1 spiro atoms. The largest absolute Gasteiger partial charge is 0.465 e. The van der Waals surface area contributed by atoms with Gasteiger partial charge in [-0.2, -0.15) is 0 Å². The van der Waals surface area contributed by atoms with Crippen LogP contribution in [0.5, 0.6) is 0 Å². The molecule has 2 saturated carbocycles. The van der Waals surface area contributed by atoms with Crippen LogP contribution in [-0.4, -0.2) is 61.5 Å². The number of epoxide rings is 1. The number of hydrogen-bond acceptors (Lipinski definition) is 9. The second-order valence-electron chi connectivity index (χ2n) is 13.1. The highest BCUT2D eigenvalue weighted by Crippen LogP contribution is 2.66. The number of cyclic esters (lactones) is 1. The van der Waals surface area contributed by atoms with E-state index >= 15 is 0 Å².